The number of carboxylic acids is 1. The number of aliphatic hydroxyl groups is 1. The minimum Gasteiger partial charge on any atom is -0.481 e. The fraction of sp³-hybridized carbons (Fsp3) is 0.833. The van der Waals surface area contributed by atoms with Gasteiger partial charge in [-0.25, -0.2) is 0 Å². The Labute approximate surface area is 58.9 Å². The average Bonchev–Trinajstić information content (AvgIpc) is 1.88. The van der Waals surface area contributed by atoms with Crippen LogP contribution in [0.25, 0.3) is 0 Å². The summed E-state index contributed by atoms with van der Waals surface area (Å²) in [6, 6.07) is 0. The van der Waals surface area contributed by atoms with Gasteiger partial charge in [0.25, 0.3) is 0 Å². The maximum atomic E-state index is 10.4. The number of aliphatic carboxylic acids is 1. The second kappa shape index (κ2) is 2.98. The Hall–Kier alpha value is -0.610. The number of carbonyl (C=O) groups is 1. The molecular weight excluding hydrogens is 134 g/mol. The molecule has 1 heterocycles. The lowest BCUT2D eigenvalue weighted by Crippen LogP contribution is -2.43. The Bertz CT molecular complexity index is 137. The van der Waals surface area contributed by atoms with Crippen LogP contribution in [0, 0.1) is 5.92 Å². The van der Waals surface area contributed by atoms with Crippen molar-refractivity contribution in [3.63, 3.8) is 0 Å². The smallest absolute Gasteiger partial charge is 0.310 e. The lowest BCUT2D eigenvalue weighted by Gasteiger charge is -2.24. The number of rotatable bonds is 1. The molecule has 0 aromatic heterocycles. The van der Waals surface area contributed by atoms with Gasteiger partial charge in [-0.15, -0.1) is 0 Å². The molecule has 2 atom stereocenters. The lowest BCUT2D eigenvalue weighted by molar-refractivity contribution is -0.146. The minimum absolute atomic E-state index is 0.385. The van der Waals surface area contributed by atoms with Gasteiger partial charge in [-0.2, -0.15) is 0 Å². The number of carboxylic acid groups (broad SMARTS) is 1. The molecule has 0 amide bonds. The monoisotopic (exact) mass is 145 g/mol. The minimum atomic E-state index is -0.917. The van der Waals surface area contributed by atoms with Gasteiger partial charge in [0.05, 0.1) is 12.0 Å². The van der Waals surface area contributed by atoms with Crippen LogP contribution < -0.4 is 5.32 Å². The fourth-order valence-electron chi connectivity index (χ4n) is 1.10. The molecule has 1 rings (SSSR count). The van der Waals surface area contributed by atoms with Crippen molar-refractivity contribution in [1.29, 1.82) is 0 Å². The zero-order valence-electron chi connectivity index (χ0n) is 5.58. The first kappa shape index (κ1) is 7.50. The van der Waals surface area contributed by atoms with Gasteiger partial charge in [-0.1, -0.05) is 0 Å². The van der Waals surface area contributed by atoms with Gasteiger partial charge < -0.3 is 15.5 Å². The molecule has 0 aromatic carbocycles. The number of aliphatic hydroxyl groups excluding tert-OH is 1. The molecule has 0 saturated carbocycles. The van der Waals surface area contributed by atoms with Crippen LogP contribution in [0.3, 0.4) is 0 Å². The van der Waals surface area contributed by atoms with E-state index in [0.29, 0.717) is 19.5 Å². The summed E-state index contributed by atoms with van der Waals surface area (Å²) in [4.78, 5) is 10.4. The molecule has 1 aliphatic rings. The van der Waals surface area contributed by atoms with E-state index < -0.39 is 18.0 Å². The van der Waals surface area contributed by atoms with Crippen molar-refractivity contribution >= 4 is 5.97 Å². The summed E-state index contributed by atoms with van der Waals surface area (Å²) in [5.74, 6) is -1.53. The van der Waals surface area contributed by atoms with E-state index in [-0.39, 0.29) is 0 Å². The SMILES string of the molecule is O=C(O)C1CNCC[C@@H]1O. The maximum absolute atomic E-state index is 10.4. The van der Waals surface area contributed by atoms with Gasteiger partial charge in [0.2, 0.25) is 0 Å². The van der Waals surface area contributed by atoms with Gasteiger partial charge in [0.1, 0.15) is 0 Å². The summed E-state index contributed by atoms with van der Waals surface area (Å²) in [5, 5.41) is 20.5. The van der Waals surface area contributed by atoms with E-state index in [1.807, 2.05) is 0 Å². The van der Waals surface area contributed by atoms with Crippen LogP contribution in [0.5, 0.6) is 0 Å². The first-order valence-electron chi connectivity index (χ1n) is 3.33. The molecule has 4 heteroatoms. The predicted octanol–water partition coefficient (Wildman–Crippen LogP) is -0.959. The first-order chi connectivity index (χ1) is 4.72. The van der Waals surface area contributed by atoms with E-state index in [1.165, 1.54) is 0 Å². The normalized spacial score (nSPS) is 33.7. The molecule has 1 aliphatic heterocycles. The number of nitrogens with one attached hydrogen (secondary N) is 1. The summed E-state index contributed by atoms with van der Waals surface area (Å²) < 4.78 is 0. The molecule has 4 nitrogen and oxygen atoms in total. The van der Waals surface area contributed by atoms with Gasteiger partial charge in [0, 0.05) is 6.54 Å². The highest BCUT2D eigenvalue weighted by molar-refractivity contribution is 5.71. The van der Waals surface area contributed by atoms with Crippen molar-refractivity contribution in [1.82, 2.24) is 5.32 Å². The van der Waals surface area contributed by atoms with Crippen LogP contribution in [0.15, 0.2) is 0 Å². The quantitative estimate of drug-likeness (QED) is 0.444. The number of hydrogen-bond acceptors (Lipinski definition) is 3. The highest BCUT2D eigenvalue weighted by Gasteiger charge is 2.28. The van der Waals surface area contributed by atoms with Crippen molar-refractivity contribution in [3.8, 4) is 0 Å². The van der Waals surface area contributed by atoms with Gasteiger partial charge >= 0.3 is 5.97 Å². The third-order valence-electron chi connectivity index (χ3n) is 1.76. The molecule has 0 spiro atoms. The molecule has 0 aliphatic carbocycles. The summed E-state index contributed by atoms with van der Waals surface area (Å²) >= 11 is 0. The van der Waals surface area contributed by atoms with Crippen molar-refractivity contribution in [2.75, 3.05) is 13.1 Å². The van der Waals surface area contributed by atoms with E-state index in [9.17, 15) is 4.79 Å². The Morgan fingerprint density at radius 1 is 1.60 bits per heavy atom. The van der Waals surface area contributed by atoms with E-state index in [4.69, 9.17) is 10.2 Å². The fourth-order valence-corrected chi connectivity index (χ4v) is 1.10. The molecule has 0 aromatic rings. The largest absolute Gasteiger partial charge is 0.481 e. The Balaban J connectivity index is 2.47. The van der Waals surface area contributed by atoms with E-state index >= 15 is 0 Å². The molecule has 10 heavy (non-hydrogen) atoms. The Morgan fingerprint density at radius 2 is 2.30 bits per heavy atom. The lowest BCUT2D eigenvalue weighted by atomic mass is 9.97. The zero-order chi connectivity index (χ0) is 7.56. The first-order valence-corrected chi connectivity index (χ1v) is 3.33. The molecule has 1 unspecified atom stereocenters. The van der Waals surface area contributed by atoms with Gasteiger partial charge in [-0.3, -0.25) is 4.79 Å². The molecule has 58 valence electrons. The standard InChI is InChI=1S/C6H11NO3/c8-5-1-2-7-3-4(5)6(9)10/h4-5,7-8H,1-3H2,(H,9,10)/t4?,5-/m0/s1. The zero-order valence-corrected chi connectivity index (χ0v) is 5.58. The third-order valence-corrected chi connectivity index (χ3v) is 1.76. The molecule has 1 fully saturated rings. The highest BCUT2D eigenvalue weighted by atomic mass is 16.4. The summed E-state index contributed by atoms with van der Waals surface area (Å²) in [7, 11) is 0. The maximum Gasteiger partial charge on any atom is 0.310 e. The van der Waals surface area contributed by atoms with E-state index in [0.717, 1.165) is 0 Å². The van der Waals surface area contributed by atoms with Crippen molar-refractivity contribution < 1.29 is 15.0 Å². The van der Waals surface area contributed by atoms with Crippen molar-refractivity contribution in [2.45, 2.75) is 12.5 Å². The molecule has 0 bridgehead atoms. The van der Waals surface area contributed by atoms with Crippen molar-refractivity contribution in [2.24, 2.45) is 5.92 Å². The van der Waals surface area contributed by atoms with Crippen LogP contribution in [0.2, 0.25) is 0 Å². The summed E-state index contributed by atoms with van der Waals surface area (Å²) in [6.07, 6.45) is -0.129. The Morgan fingerprint density at radius 3 is 2.70 bits per heavy atom. The van der Waals surface area contributed by atoms with Crippen LogP contribution in [-0.2, 0) is 4.79 Å². The average molecular weight is 145 g/mol. The second-order valence-electron chi connectivity index (χ2n) is 2.50. The van der Waals surface area contributed by atoms with Crippen molar-refractivity contribution in [3.05, 3.63) is 0 Å². The predicted molar refractivity (Wildman–Crippen MR) is 34.6 cm³/mol. The third kappa shape index (κ3) is 1.46. The van der Waals surface area contributed by atoms with E-state index in [1.54, 1.807) is 0 Å². The number of piperidine rings is 1. The number of hydrogen-bond donors (Lipinski definition) is 3. The summed E-state index contributed by atoms with van der Waals surface area (Å²) in [5.41, 5.74) is 0. The van der Waals surface area contributed by atoms with Crippen LogP contribution >= 0.6 is 0 Å². The van der Waals surface area contributed by atoms with Gasteiger partial charge in [0.15, 0.2) is 0 Å². The van der Waals surface area contributed by atoms with E-state index in [2.05, 4.69) is 5.32 Å². The molecular formula is C6H11NO3. The Kier molecular flexibility index (Phi) is 2.24. The molecule has 3 N–H and O–H groups in total. The van der Waals surface area contributed by atoms with Crippen LogP contribution in [0.1, 0.15) is 6.42 Å². The highest BCUT2D eigenvalue weighted by Crippen LogP contribution is 2.10. The molecule has 1 saturated heterocycles. The summed E-state index contributed by atoms with van der Waals surface area (Å²) in [6.45, 7) is 1.10. The molecule has 0 radical (unpaired) electrons. The topological polar surface area (TPSA) is 69.6 Å². The van der Waals surface area contributed by atoms with Crippen LogP contribution in [-0.4, -0.2) is 35.4 Å². The van der Waals surface area contributed by atoms with Crippen LogP contribution in [0.4, 0.5) is 0 Å². The second-order valence-corrected chi connectivity index (χ2v) is 2.50. The van der Waals surface area contributed by atoms with Gasteiger partial charge in [-0.05, 0) is 13.0 Å².